The molecule has 3 aromatic rings. The zero-order chi connectivity index (χ0) is 20.5. The standard InChI is InChI=1S/C23H20O6/c1-26-22(24)17-10-12-20(13-11-17)29-23(25)18-6-5-9-21(16-18)28-15-14-27-19-7-3-2-4-8-19/h2-13,16H,14-15H2,1H3. The minimum Gasteiger partial charge on any atom is -0.490 e. The van der Waals surface area contributed by atoms with Gasteiger partial charge in [0.1, 0.15) is 30.5 Å². The summed E-state index contributed by atoms with van der Waals surface area (Å²) in [7, 11) is 1.30. The van der Waals surface area contributed by atoms with Crippen molar-refractivity contribution < 1.29 is 28.5 Å². The summed E-state index contributed by atoms with van der Waals surface area (Å²) in [5, 5.41) is 0. The van der Waals surface area contributed by atoms with E-state index in [1.807, 2.05) is 30.3 Å². The van der Waals surface area contributed by atoms with Crippen molar-refractivity contribution >= 4 is 11.9 Å². The Labute approximate surface area is 168 Å². The smallest absolute Gasteiger partial charge is 0.343 e. The minimum atomic E-state index is -0.526. The highest BCUT2D eigenvalue weighted by Gasteiger charge is 2.11. The Morgan fingerprint density at radius 1 is 0.655 bits per heavy atom. The summed E-state index contributed by atoms with van der Waals surface area (Å²) < 4.78 is 21.2. The van der Waals surface area contributed by atoms with E-state index in [0.29, 0.717) is 35.8 Å². The number of benzene rings is 3. The van der Waals surface area contributed by atoms with Gasteiger partial charge < -0.3 is 18.9 Å². The van der Waals surface area contributed by atoms with E-state index in [2.05, 4.69) is 4.74 Å². The van der Waals surface area contributed by atoms with E-state index in [1.165, 1.54) is 31.4 Å². The van der Waals surface area contributed by atoms with Crippen molar-refractivity contribution in [1.29, 1.82) is 0 Å². The number of methoxy groups -OCH3 is 1. The van der Waals surface area contributed by atoms with Gasteiger partial charge in [0.25, 0.3) is 0 Å². The minimum absolute atomic E-state index is 0.324. The summed E-state index contributed by atoms with van der Waals surface area (Å²) in [6.45, 7) is 0.716. The number of ether oxygens (including phenoxy) is 4. The number of carbonyl (C=O) groups excluding carboxylic acids is 2. The van der Waals surface area contributed by atoms with Gasteiger partial charge in [-0.15, -0.1) is 0 Å². The molecule has 0 heterocycles. The lowest BCUT2D eigenvalue weighted by Crippen LogP contribution is -2.11. The molecular weight excluding hydrogens is 372 g/mol. The fourth-order valence-corrected chi connectivity index (χ4v) is 2.49. The molecule has 0 saturated heterocycles. The molecule has 3 rings (SSSR count). The second kappa shape index (κ2) is 9.94. The first-order valence-electron chi connectivity index (χ1n) is 8.97. The van der Waals surface area contributed by atoms with Crippen LogP contribution in [-0.4, -0.2) is 32.3 Å². The van der Waals surface area contributed by atoms with Crippen LogP contribution < -0.4 is 14.2 Å². The Bertz CT molecular complexity index is 951. The lowest BCUT2D eigenvalue weighted by molar-refractivity contribution is 0.0600. The lowest BCUT2D eigenvalue weighted by Gasteiger charge is -2.10. The van der Waals surface area contributed by atoms with Crippen molar-refractivity contribution in [2.45, 2.75) is 0 Å². The molecule has 6 heteroatoms. The molecule has 29 heavy (non-hydrogen) atoms. The Balaban J connectivity index is 1.52. The highest BCUT2D eigenvalue weighted by atomic mass is 16.5. The van der Waals surface area contributed by atoms with Crippen molar-refractivity contribution in [2.75, 3.05) is 20.3 Å². The molecule has 0 spiro atoms. The van der Waals surface area contributed by atoms with Gasteiger partial charge in [0.15, 0.2) is 0 Å². The van der Waals surface area contributed by atoms with Gasteiger partial charge in [-0.05, 0) is 54.6 Å². The first kappa shape index (κ1) is 19.9. The van der Waals surface area contributed by atoms with Gasteiger partial charge >= 0.3 is 11.9 Å². The van der Waals surface area contributed by atoms with Gasteiger partial charge in [-0.25, -0.2) is 9.59 Å². The number of hydrogen-bond donors (Lipinski definition) is 0. The third-order valence-electron chi connectivity index (χ3n) is 3.92. The van der Waals surface area contributed by atoms with Gasteiger partial charge in [0.05, 0.1) is 18.2 Å². The van der Waals surface area contributed by atoms with Gasteiger partial charge in [0, 0.05) is 0 Å². The molecule has 0 aliphatic rings. The van der Waals surface area contributed by atoms with Crippen molar-refractivity contribution in [2.24, 2.45) is 0 Å². The maximum absolute atomic E-state index is 12.4. The summed E-state index contributed by atoms with van der Waals surface area (Å²) >= 11 is 0. The molecule has 0 bridgehead atoms. The molecule has 0 fully saturated rings. The maximum atomic E-state index is 12.4. The number of carbonyl (C=O) groups is 2. The van der Waals surface area contributed by atoms with Crippen LogP contribution in [0.3, 0.4) is 0 Å². The van der Waals surface area contributed by atoms with Crippen molar-refractivity contribution in [3.8, 4) is 17.2 Å². The number of esters is 2. The van der Waals surface area contributed by atoms with Crippen LogP contribution in [0.25, 0.3) is 0 Å². The molecule has 6 nitrogen and oxygen atoms in total. The predicted molar refractivity (Wildman–Crippen MR) is 107 cm³/mol. The van der Waals surface area contributed by atoms with Gasteiger partial charge in [-0.1, -0.05) is 24.3 Å². The van der Waals surface area contributed by atoms with Crippen LogP contribution in [0.5, 0.6) is 17.2 Å². The first-order chi connectivity index (χ1) is 14.2. The highest BCUT2D eigenvalue weighted by molar-refractivity contribution is 5.92. The molecule has 0 N–H and O–H groups in total. The molecule has 0 unspecified atom stereocenters. The van der Waals surface area contributed by atoms with E-state index in [4.69, 9.17) is 14.2 Å². The fourth-order valence-electron chi connectivity index (χ4n) is 2.49. The van der Waals surface area contributed by atoms with Gasteiger partial charge in [-0.2, -0.15) is 0 Å². The van der Waals surface area contributed by atoms with E-state index < -0.39 is 11.9 Å². The van der Waals surface area contributed by atoms with Crippen LogP contribution >= 0.6 is 0 Å². The van der Waals surface area contributed by atoms with Crippen LogP contribution in [0.1, 0.15) is 20.7 Å². The average molecular weight is 392 g/mol. The number of rotatable bonds is 8. The van der Waals surface area contributed by atoms with Crippen molar-refractivity contribution in [1.82, 2.24) is 0 Å². The first-order valence-corrected chi connectivity index (χ1v) is 8.97. The molecule has 0 amide bonds. The Hall–Kier alpha value is -3.80. The van der Waals surface area contributed by atoms with Gasteiger partial charge in [0.2, 0.25) is 0 Å². The van der Waals surface area contributed by atoms with Crippen LogP contribution in [0.15, 0.2) is 78.9 Å². The summed E-state index contributed by atoms with van der Waals surface area (Å²) in [5.41, 5.74) is 0.726. The highest BCUT2D eigenvalue weighted by Crippen LogP contribution is 2.18. The summed E-state index contributed by atoms with van der Waals surface area (Å²) in [5.74, 6) is 0.653. The summed E-state index contributed by atoms with van der Waals surface area (Å²) in [6, 6.07) is 22.3. The SMILES string of the molecule is COC(=O)c1ccc(OC(=O)c2cccc(OCCOc3ccccc3)c2)cc1. The molecule has 0 radical (unpaired) electrons. The van der Waals surface area contributed by atoms with Crippen LogP contribution in [-0.2, 0) is 4.74 Å². The molecule has 0 atom stereocenters. The topological polar surface area (TPSA) is 71.1 Å². The molecular formula is C23H20O6. The second-order valence-corrected chi connectivity index (χ2v) is 5.94. The summed E-state index contributed by atoms with van der Waals surface area (Å²) in [4.78, 5) is 23.8. The molecule has 0 aromatic heterocycles. The van der Waals surface area contributed by atoms with Gasteiger partial charge in [-0.3, -0.25) is 0 Å². The number of hydrogen-bond acceptors (Lipinski definition) is 6. The third-order valence-corrected chi connectivity index (χ3v) is 3.92. The Morgan fingerprint density at radius 2 is 1.31 bits per heavy atom. The maximum Gasteiger partial charge on any atom is 0.343 e. The summed E-state index contributed by atoms with van der Waals surface area (Å²) in [6.07, 6.45) is 0. The number of para-hydroxylation sites is 1. The van der Waals surface area contributed by atoms with Crippen LogP contribution in [0, 0.1) is 0 Å². The Kier molecular flexibility index (Phi) is 6.84. The van der Waals surface area contributed by atoms with E-state index in [1.54, 1.807) is 24.3 Å². The van der Waals surface area contributed by atoms with E-state index in [9.17, 15) is 9.59 Å². The second-order valence-electron chi connectivity index (χ2n) is 5.94. The van der Waals surface area contributed by atoms with Crippen LogP contribution in [0.4, 0.5) is 0 Å². The molecule has 0 saturated carbocycles. The van der Waals surface area contributed by atoms with Crippen molar-refractivity contribution in [3.05, 3.63) is 90.0 Å². The van der Waals surface area contributed by atoms with E-state index >= 15 is 0 Å². The average Bonchev–Trinajstić information content (AvgIpc) is 2.77. The monoisotopic (exact) mass is 392 g/mol. The van der Waals surface area contributed by atoms with E-state index in [0.717, 1.165) is 5.75 Å². The lowest BCUT2D eigenvalue weighted by atomic mass is 10.2. The quantitative estimate of drug-likeness (QED) is 0.326. The van der Waals surface area contributed by atoms with E-state index in [-0.39, 0.29) is 0 Å². The molecule has 3 aromatic carbocycles. The zero-order valence-corrected chi connectivity index (χ0v) is 15.9. The van der Waals surface area contributed by atoms with Crippen LogP contribution in [0.2, 0.25) is 0 Å². The largest absolute Gasteiger partial charge is 0.490 e. The third kappa shape index (κ3) is 5.84. The molecule has 0 aliphatic heterocycles. The predicted octanol–water partition coefficient (Wildman–Crippen LogP) is 4.15. The van der Waals surface area contributed by atoms with Crippen molar-refractivity contribution in [3.63, 3.8) is 0 Å². The molecule has 148 valence electrons. The fraction of sp³-hybridized carbons (Fsp3) is 0.130. The molecule has 0 aliphatic carbocycles. The Morgan fingerprint density at radius 3 is 2.00 bits per heavy atom. The normalized spacial score (nSPS) is 10.1. The zero-order valence-electron chi connectivity index (χ0n) is 15.9.